The first-order valence-corrected chi connectivity index (χ1v) is 7.80. The molecule has 7 heteroatoms. The van der Waals surface area contributed by atoms with Crippen molar-refractivity contribution in [3.63, 3.8) is 0 Å². The number of nitrogens with zero attached hydrogens (tertiary/aromatic N) is 3. The Kier molecular flexibility index (Phi) is 4.06. The monoisotopic (exact) mass is 384 g/mol. The van der Waals surface area contributed by atoms with Gasteiger partial charge >= 0.3 is 0 Å². The van der Waals surface area contributed by atoms with Gasteiger partial charge in [-0.1, -0.05) is 29.3 Å². The summed E-state index contributed by atoms with van der Waals surface area (Å²) < 4.78 is 2.76. The first-order chi connectivity index (χ1) is 10.0. The van der Waals surface area contributed by atoms with Crippen molar-refractivity contribution < 1.29 is 0 Å². The largest absolute Gasteiger partial charge is 0.369 e. The van der Waals surface area contributed by atoms with E-state index in [0.717, 1.165) is 27.6 Å². The molecule has 0 spiro atoms. The van der Waals surface area contributed by atoms with Gasteiger partial charge in [0.25, 0.3) is 0 Å². The van der Waals surface area contributed by atoms with Gasteiger partial charge in [-0.2, -0.15) is 0 Å². The maximum atomic E-state index is 6.19. The number of benzene rings is 1. The molecule has 1 aromatic carbocycles. The van der Waals surface area contributed by atoms with E-state index in [2.05, 4.69) is 25.9 Å². The van der Waals surface area contributed by atoms with Crippen molar-refractivity contribution in [3.05, 3.63) is 50.5 Å². The van der Waals surface area contributed by atoms with Gasteiger partial charge in [0, 0.05) is 27.3 Å². The Morgan fingerprint density at radius 1 is 1.24 bits per heavy atom. The lowest BCUT2D eigenvalue weighted by molar-refractivity contribution is 0.720. The molecule has 4 nitrogen and oxygen atoms in total. The van der Waals surface area contributed by atoms with E-state index in [4.69, 9.17) is 28.9 Å². The zero-order valence-corrected chi connectivity index (χ0v) is 14.0. The highest BCUT2D eigenvalue weighted by atomic mass is 79.9. The number of aryl methyl sites for hydroxylation is 2. The highest BCUT2D eigenvalue weighted by Crippen LogP contribution is 2.24. The number of nitrogen functional groups attached to an aromatic ring is 1. The van der Waals surface area contributed by atoms with E-state index in [0.29, 0.717) is 22.5 Å². The number of nitrogens with two attached hydrogens (primary N) is 1. The molecular weight excluding hydrogens is 375 g/mol. The number of hydrogen-bond donors (Lipinski definition) is 1. The quantitative estimate of drug-likeness (QED) is 0.730. The molecule has 108 valence electrons. The van der Waals surface area contributed by atoms with E-state index in [1.807, 2.05) is 22.8 Å². The average Bonchev–Trinajstić information content (AvgIpc) is 2.72. The number of rotatable bonds is 3. The van der Waals surface area contributed by atoms with Gasteiger partial charge in [-0.25, -0.2) is 9.97 Å². The summed E-state index contributed by atoms with van der Waals surface area (Å²) in [5.41, 5.74) is 8.52. The minimum Gasteiger partial charge on any atom is -0.369 e. The van der Waals surface area contributed by atoms with Gasteiger partial charge < -0.3 is 5.73 Å². The molecule has 0 bridgehead atoms. The van der Waals surface area contributed by atoms with Gasteiger partial charge in [-0.3, -0.25) is 4.57 Å². The maximum Gasteiger partial charge on any atom is 0.202 e. The molecule has 2 heterocycles. The second-order valence-corrected chi connectivity index (χ2v) is 6.36. The Morgan fingerprint density at radius 2 is 2.05 bits per heavy atom. The lowest BCUT2D eigenvalue weighted by atomic mass is 10.1. The minimum atomic E-state index is 0.445. The highest BCUT2D eigenvalue weighted by molar-refractivity contribution is 9.10. The summed E-state index contributed by atoms with van der Waals surface area (Å²) in [7, 11) is 0. The Bertz CT molecular complexity index is 816. The molecule has 21 heavy (non-hydrogen) atoms. The Hall–Kier alpha value is -1.30. The predicted molar refractivity (Wildman–Crippen MR) is 89.8 cm³/mol. The Balaban J connectivity index is 1.90. The zero-order valence-electron chi connectivity index (χ0n) is 10.9. The van der Waals surface area contributed by atoms with Gasteiger partial charge in [0.05, 0.1) is 0 Å². The molecule has 0 aliphatic carbocycles. The van der Waals surface area contributed by atoms with Gasteiger partial charge in [-0.15, -0.1) is 0 Å². The third-order valence-corrected chi connectivity index (χ3v) is 4.22. The van der Waals surface area contributed by atoms with E-state index in [1.165, 1.54) is 0 Å². The first kappa shape index (κ1) is 14.6. The lowest BCUT2D eigenvalue weighted by Gasteiger charge is -2.08. The van der Waals surface area contributed by atoms with Crippen molar-refractivity contribution in [2.45, 2.75) is 13.0 Å². The Labute approximate surface area is 140 Å². The summed E-state index contributed by atoms with van der Waals surface area (Å²) in [5, 5.41) is 1.28. The molecular formula is C14H11BrCl2N4. The maximum absolute atomic E-state index is 6.19. The fourth-order valence-electron chi connectivity index (χ4n) is 2.18. The van der Waals surface area contributed by atoms with Crippen molar-refractivity contribution in [2.75, 3.05) is 5.73 Å². The number of pyridine rings is 1. The van der Waals surface area contributed by atoms with Crippen LogP contribution in [-0.4, -0.2) is 14.5 Å². The molecule has 0 atom stereocenters. The van der Waals surface area contributed by atoms with Crippen LogP contribution in [0.1, 0.15) is 5.56 Å². The zero-order chi connectivity index (χ0) is 15.0. The summed E-state index contributed by atoms with van der Waals surface area (Å²) in [5.74, 6) is 0.445. The van der Waals surface area contributed by atoms with Crippen LogP contribution in [-0.2, 0) is 13.0 Å². The highest BCUT2D eigenvalue weighted by Gasteiger charge is 2.10. The SMILES string of the molecule is Nc1nc2cc(Br)cnc2n1CCc1ccc(Cl)cc1Cl. The van der Waals surface area contributed by atoms with Crippen LogP contribution in [0.25, 0.3) is 11.2 Å². The number of imidazole rings is 1. The van der Waals surface area contributed by atoms with E-state index in [1.54, 1.807) is 12.3 Å². The molecule has 0 saturated heterocycles. The number of hydrogen-bond acceptors (Lipinski definition) is 3. The predicted octanol–water partition coefficient (Wildman–Crippen LogP) is 4.33. The molecule has 0 aliphatic heterocycles. The van der Waals surface area contributed by atoms with Crippen LogP contribution in [0.5, 0.6) is 0 Å². The summed E-state index contributed by atoms with van der Waals surface area (Å²) in [6, 6.07) is 7.38. The van der Waals surface area contributed by atoms with Gasteiger partial charge in [0.2, 0.25) is 5.95 Å². The summed E-state index contributed by atoms with van der Waals surface area (Å²) in [4.78, 5) is 8.69. The third-order valence-electron chi connectivity index (χ3n) is 3.20. The Morgan fingerprint density at radius 3 is 2.81 bits per heavy atom. The van der Waals surface area contributed by atoms with Crippen LogP contribution >= 0.6 is 39.1 Å². The molecule has 0 saturated carbocycles. The molecule has 3 rings (SSSR count). The fourth-order valence-corrected chi connectivity index (χ4v) is 3.00. The second-order valence-electron chi connectivity index (χ2n) is 4.60. The van der Waals surface area contributed by atoms with Crippen LogP contribution < -0.4 is 5.73 Å². The number of fused-ring (bicyclic) bond motifs is 1. The van der Waals surface area contributed by atoms with Crippen molar-refractivity contribution >= 4 is 56.2 Å². The lowest BCUT2D eigenvalue weighted by Crippen LogP contribution is -2.06. The smallest absolute Gasteiger partial charge is 0.202 e. The fraction of sp³-hybridized carbons (Fsp3) is 0.143. The molecule has 0 radical (unpaired) electrons. The average molecular weight is 386 g/mol. The third kappa shape index (κ3) is 3.00. The molecule has 0 unspecified atom stereocenters. The van der Waals surface area contributed by atoms with Crippen LogP contribution in [0.2, 0.25) is 10.0 Å². The van der Waals surface area contributed by atoms with Crippen LogP contribution in [0.15, 0.2) is 34.9 Å². The van der Waals surface area contributed by atoms with Crippen molar-refractivity contribution in [2.24, 2.45) is 0 Å². The molecule has 3 aromatic rings. The molecule has 0 aliphatic rings. The van der Waals surface area contributed by atoms with Crippen molar-refractivity contribution in [3.8, 4) is 0 Å². The topological polar surface area (TPSA) is 56.7 Å². The standard InChI is InChI=1S/C14H11BrCl2N4/c15-9-5-12-13(19-7-9)21(14(18)20-12)4-3-8-1-2-10(16)6-11(8)17/h1-2,5-7H,3-4H2,(H2,18,20). The number of anilines is 1. The van der Waals surface area contributed by atoms with Crippen molar-refractivity contribution in [1.29, 1.82) is 0 Å². The first-order valence-electron chi connectivity index (χ1n) is 6.26. The number of halogens is 3. The van der Waals surface area contributed by atoms with Crippen LogP contribution in [0, 0.1) is 0 Å². The van der Waals surface area contributed by atoms with E-state index < -0.39 is 0 Å². The van der Waals surface area contributed by atoms with Gasteiger partial charge in [0.15, 0.2) is 5.65 Å². The molecule has 0 fully saturated rings. The van der Waals surface area contributed by atoms with E-state index >= 15 is 0 Å². The molecule has 2 aromatic heterocycles. The van der Waals surface area contributed by atoms with Crippen LogP contribution in [0.3, 0.4) is 0 Å². The van der Waals surface area contributed by atoms with Gasteiger partial charge in [-0.05, 0) is 46.1 Å². The molecule has 0 amide bonds. The van der Waals surface area contributed by atoms with Gasteiger partial charge in [0.1, 0.15) is 5.52 Å². The van der Waals surface area contributed by atoms with E-state index in [-0.39, 0.29) is 0 Å². The summed E-state index contributed by atoms with van der Waals surface area (Å²) in [6.45, 7) is 0.651. The summed E-state index contributed by atoms with van der Waals surface area (Å²) >= 11 is 15.5. The number of aromatic nitrogens is 3. The van der Waals surface area contributed by atoms with E-state index in [9.17, 15) is 0 Å². The molecule has 2 N–H and O–H groups in total. The summed E-state index contributed by atoms with van der Waals surface area (Å²) in [6.07, 6.45) is 2.46. The second kappa shape index (κ2) is 5.83. The normalized spacial score (nSPS) is 11.2. The van der Waals surface area contributed by atoms with Crippen LogP contribution in [0.4, 0.5) is 5.95 Å². The van der Waals surface area contributed by atoms with Crippen molar-refractivity contribution in [1.82, 2.24) is 14.5 Å². The minimum absolute atomic E-state index is 0.445.